The molecule has 0 fully saturated rings. The third-order valence-electron chi connectivity index (χ3n) is 6.01. The molecule has 0 spiro atoms. The van der Waals surface area contributed by atoms with Crippen molar-refractivity contribution in [3.8, 4) is 0 Å². The fourth-order valence-corrected chi connectivity index (χ4v) is 4.09. The van der Waals surface area contributed by atoms with E-state index in [4.69, 9.17) is 5.73 Å². The standard InChI is InChI=1S/C26H23F2N3O3/c1-26(2)20-9-7-17(24(33)30-13-18-6-8-19(27)12-21(18)28)11-22(20)31(25(26)34)14-15-4-3-5-16(10-15)23(29)32/h3-12H,13-14H2,1-2H3,(H2,29,32)(H,30,33). The number of hydrogen-bond acceptors (Lipinski definition) is 3. The van der Waals surface area contributed by atoms with Crippen LogP contribution < -0.4 is 16.0 Å². The fourth-order valence-electron chi connectivity index (χ4n) is 4.09. The van der Waals surface area contributed by atoms with E-state index in [-0.39, 0.29) is 24.6 Å². The SMILES string of the molecule is CC1(C)C(=O)N(Cc2cccc(C(N)=O)c2)c2cc(C(=O)NCc3ccc(F)cc3F)ccc21. The van der Waals surface area contributed by atoms with Crippen molar-refractivity contribution in [3.05, 3.63) is 100 Å². The van der Waals surface area contributed by atoms with Crippen LogP contribution in [0.15, 0.2) is 60.7 Å². The molecule has 34 heavy (non-hydrogen) atoms. The summed E-state index contributed by atoms with van der Waals surface area (Å²) in [5.41, 5.74) is 7.43. The lowest BCUT2D eigenvalue weighted by molar-refractivity contribution is -0.122. The Morgan fingerprint density at radius 1 is 1.00 bits per heavy atom. The first kappa shape index (κ1) is 23.1. The fraction of sp³-hybridized carbons (Fsp3) is 0.192. The Kier molecular flexibility index (Phi) is 5.91. The van der Waals surface area contributed by atoms with Crippen LogP contribution in [-0.4, -0.2) is 17.7 Å². The van der Waals surface area contributed by atoms with E-state index >= 15 is 0 Å². The molecule has 0 unspecified atom stereocenters. The highest BCUT2D eigenvalue weighted by Crippen LogP contribution is 2.42. The van der Waals surface area contributed by atoms with Crippen LogP contribution in [0, 0.1) is 11.6 Å². The van der Waals surface area contributed by atoms with Gasteiger partial charge in [-0.15, -0.1) is 0 Å². The van der Waals surface area contributed by atoms with Crippen molar-refractivity contribution in [2.24, 2.45) is 5.73 Å². The molecule has 3 amide bonds. The van der Waals surface area contributed by atoms with Crippen molar-refractivity contribution >= 4 is 23.4 Å². The molecule has 0 saturated heterocycles. The maximum atomic E-state index is 13.9. The van der Waals surface area contributed by atoms with Gasteiger partial charge in [0.1, 0.15) is 11.6 Å². The van der Waals surface area contributed by atoms with Crippen molar-refractivity contribution in [2.75, 3.05) is 4.90 Å². The molecule has 1 aliphatic heterocycles. The van der Waals surface area contributed by atoms with Crippen LogP contribution >= 0.6 is 0 Å². The molecule has 3 aromatic carbocycles. The monoisotopic (exact) mass is 463 g/mol. The second-order valence-electron chi connectivity index (χ2n) is 8.73. The minimum Gasteiger partial charge on any atom is -0.366 e. The lowest BCUT2D eigenvalue weighted by Crippen LogP contribution is -2.35. The minimum absolute atomic E-state index is 0.115. The predicted molar refractivity (Wildman–Crippen MR) is 123 cm³/mol. The number of nitrogens with zero attached hydrogens (tertiary/aromatic N) is 1. The van der Waals surface area contributed by atoms with Gasteiger partial charge >= 0.3 is 0 Å². The third kappa shape index (κ3) is 4.26. The Labute approximate surface area is 195 Å². The molecule has 3 N–H and O–H groups in total. The lowest BCUT2D eigenvalue weighted by Gasteiger charge is -2.21. The second kappa shape index (κ2) is 8.70. The Bertz CT molecular complexity index is 1320. The Hall–Kier alpha value is -4.07. The first-order chi connectivity index (χ1) is 16.1. The number of nitrogens with one attached hydrogen (secondary N) is 1. The molecule has 1 heterocycles. The number of carbonyl (C=O) groups is 3. The van der Waals surface area contributed by atoms with Crippen LogP contribution in [0.3, 0.4) is 0 Å². The van der Waals surface area contributed by atoms with Crippen molar-refractivity contribution in [1.82, 2.24) is 5.32 Å². The van der Waals surface area contributed by atoms with Gasteiger partial charge in [0.05, 0.1) is 12.0 Å². The number of benzene rings is 3. The van der Waals surface area contributed by atoms with Crippen molar-refractivity contribution in [3.63, 3.8) is 0 Å². The van der Waals surface area contributed by atoms with Crippen LogP contribution in [-0.2, 0) is 23.3 Å². The van der Waals surface area contributed by atoms with Crippen LogP contribution in [0.5, 0.6) is 0 Å². The third-order valence-corrected chi connectivity index (χ3v) is 6.01. The molecule has 174 valence electrons. The quantitative estimate of drug-likeness (QED) is 0.582. The molecular formula is C26H23F2N3O3. The van der Waals surface area contributed by atoms with Crippen molar-refractivity contribution < 1.29 is 23.2 Å². The molecule has 0 atom stereocenters. The number of primary amides is 1. The smallest absolute Gasteiger partial charge is 0.251 e. The number of carbonyl (C=O) groups excluding carboxylic acids is 3. The number of anilines is 1. The van der Waals surface area contributed by atoms with E-state index in [0.29, 0.717) is 16.8 Å². The van der Waals surface area contributed by atoms with Gasteiger partial charge in [-0.05, 0) is 55.3 Å². The number of nitrogens with two attached hydrogens (primary N) is 1. The van der Waals surface area contributed by atoms with E-state index in [0.717, 1.165) is 23.3 Å². The predicted octanol–water partition coefficient (Wildman–Crippen LogP) is 3.82. The summed E-state index contributed by atoms with van der Waals surface area (Å²) in [6.07, 6.45) is 0. The summed E-state index contributed by atoms with van der Waals surface area (Å²) in [5.74, 6) is -2.60. The molecule has 8 heteroatoms. The van der Waals surface area contributed by atoms with Gasteiger partial charge in [-0.2, -0.15) is 0 Å². The number of hydrogen-bond donors (Lipinski definition) is 2. The van der Waals surface area contributed by atoms with Crippen molar-refractivity contribution in [2.45, 2.75) is 32.4 Å². The maximum Gasteiger partial charge on any atom is 0.251 e. The molecule has 0 aliphatic carbocycles. The van der Waals surface area contributed by atoms with Crippen LogP contribution in [0.25, 0.3) is 0 Å². The van der Waals surface area contributed by atoms with Gasteiger partial charge in [-0.1, -0.05) is 24.3 Å². The van der Waals surface area contributed by atoms with Crippen molar-refractivity contribution in [1.29, 1.82) is 0 Å². The Balaban J connectivity index is 1.60. The first-order valence-electron chi connectivity index (χ1n) is 10.7. The highest BCUT2D eigenvalue weighted by molar-refractivity contribution is 6.09. The van der Waals surface area contributed by atoms with Gasteiger partial charge in [0.2, 0.25) is 11.8 Å². The van der Waals surface area contributed by atoms with Crippen LogP contribution in [0.1, 0.15) is 51.3 Å². The minimum atomic E-state index is -0.803. The van der Waals surface area contributed by atoms with Gasteiger partial charge in [0.15, 0.2) is 0 Å². The summed E-state index contributed by atoms with van der Waals surface area (Å²) in [7, 11) is 0. The Morgan fingerprint density at radius 2 is 1.76 bits per heavy atom. The maximum absolute atomic E-state index is 13.9. The molecular weight excluding hydrogens is 440 g/mol. The van der Waals surface area contributed by atoms with Gasteiger partial charge in [0, 0.05) is 35.0 Å². The van der Waals surface area contributed by atoms with E-state index in [9.17, 15) is 23.2 Å². The summed E-state index contributed by atoms with van der Waals surface area (Å²) in [6.45, 7) is 3.70. The molecule has 3 aromatic rings. The zero-order valence-electron chi connectivity index (χ0n) is 18.7. The first-order valence-corrected chi connectivity index (χ1v) is 10.7. The van der Waals surface area contributed by atoms with Crippen LogP contribution in [0.2, 0.25) is 0 Å². The van der Waals surface area contributed by atoms with E-state index in [2.05, 4.69) is 5.32 Å². The number of fused-ring (bicyclic) bond motifs is 1. The number of halogens is 2. The number of rotatable bonds is 6. The van der Waals surface area contributed by atoms with Crippen LogP contribution in [0.4, 0.5) is 14.5 Å². The normalized spacial score (nSPS) is 14.1. The zero-order chi connectivity index (χ0) is 24.6. The summed E-state index contributed by atoms with van der Waals surface area (Å²) < 4.78 is 27.0. The zero-order valence-corrected chi connectivity index (χ0v) is 18.7. The summed E-state index contributed by atoms with van der Waals surface area (Å²) >= 11 is 0. The van der Waals surface area contributed by atoms with E-state index in [1.54, 1.807) is 47.4 Å². The second-order valence-corrected chi connectivity index (χ2v) is 8.73. The highest BCUT2D eigenvalue weighted by Gasteiger charge is 2.44. The highest BCUT2D eigenvalue weighted by atomic mass is 19.1. The lowest BCUT2D eigenvalue weighted by atomic mass is 9.86. The topological polar surface area (TPSA) is 92.5 Å². The molecule has 4 rings (SSSR count). The summed E-state index contributed by atoms with van der Waals surface area (Å²) in [5, 5.41) is 2.63. The molecule has 6 nitrogen and oxygen atoms in total. The van der Waals surface area contributed by atoms with E-state index < -0.39 is 28.9 Å². The van der Waals surface area contributed by atoms with E-state index in [1.807, 2.05) is 13.8 Å². The molecule has 1 aliphatic rings. The molecule has 0 saturated carbocycles. The van der Waals surface area contributed by atoms with Gasteiger partial charge in [-0.25, -0.2) is 8.78 Å². The number of amides is 3. The molecule has 0 aromatic heterocycles. The molecule has 0 radical (unpaired) electrons. The summed E-state index contributed by atoms with van der Waals surface area (Å²) in [6, 6.07) is 14.8. The molecule has 0 bridgehead atoms. The van der Waals surface area contributed by atoms with E-state index in [1.165, 1.54) is 6.07 Å². The average Bonchev–Trinajstić information content (AvgIpc) is 2.98. The van der Waals surface area contributed by atoms with Gasteiger partial charge in [-0.3, -0.25) is 14.4 Å². The summed E-state index contributed by atoms with van der Waals surface area (Å²) in [4.78, 5) is 39.1. The van der Waals surface area contributed by atoms with Gasteiger partial charge < -0.3 is 16.0 Å². The average molecular weight is 463 g/mol. The largest absolute Gasteiger partial charge is 0.366 e. The Morgan fingerprint density at radius 3 is 2.47 bits per heavy atom. The van der Waals surface area contributed by atoms with Gasteiger partial charge in [0.25, 0.3) is 5.91 Å².